The van der Waals surface area contributed by atoms with Crippen LogP contribution in [0, 0.1) is 6.92 Å². The fourth-order valence-electron chi connectivity index (χ4n) is 2.53. The molecule has 3 nitrogen and oxygen atoms in total. The van der Waals surface area contributed by atoms with E-state index in [9.17, 15) is 4.79 Å². The molecule has 4 heteroatoms. The van der Waals surface area contributed by atoms with Gasteiger partial charge in [0.1, 0.15) is 0 Å². The molecule has 0 spiro atoms. The molecule has 0 aliphatic rings. The second-order valence-electron chi connectivity index (χ2n) is 6.72. The highest BCUT2D eigenvalue weighted by atomic mass is 32.1. The lowest BCUT2D eigenvalue weighted by Crippen LogP contribution is -2.11. The van der Waals surface area contributed by atoms with Crippen LogP contribution in [0.4, 0.5) is 0 Å². The first-order valence-corrected chi connectivity index (χ1v) is 8.48. The van der Waals surface area contributed by atoms with Crippen molar-refractivity contribution in [2.45, 2.75) is 33.1 Å². The lowest BCUT2D eigenvalue weighted by Gasteiger charge is -2.20. The number of aryl methyl sites for hydroxylation is 1. The number of carbonyl (C=O) groups is 1. The molecule has 0 aliphatic carbocycles. The Kier molecular flexibility index (Phi) is 3.94. The molecule has 0 radical (unpaired) electrons. The van der Waals surface area contributed by atoms with Crippen molar-refractivity contribution in [3.05, 3.63) is 58.7 Å². The van der Waals surface area contributed by atoms with Crippen molar-refractivity contribution in [1.82, 2.24) is 9.55 Å². The molecule has 118 valence electrons. The van der Waals surface area contributed by atoms with E-state index in [-0.39, 0.29) is 5.41 Å². The SMILES string of the molecule is Cc1ccc(C(C)(C)C)cc1-c1csc(-n2cccc2C=O)n1. The van der Waals surface area contributed by atoms with E-state index in [0.29, 0.717) is 5.69 Å². The third-order valence-electron chi connectivity index (χ3n) is 3.98. The first-order valence-electron chi connectivity index (χ1n) is 7.60. The van der Waals surface area contributed by atoms with Gasteiger partial charge in [0.15, 0.2) is 11.4 Å². The summed E-state index contributed by atoms with van der Waals surface area (Å²) in [7, 11) is 0. The van der Waals surface area contributed by atoms with Crippen LogP contribution in [0.15, 0.2) is 41.9 Å². The largest absolute Gasteiger partial charge is 0.296 e. The normalized spacial score (nSPS) is 11.7. The zero-order valence-electron chi connectivity index (χ0n) is 13.8. The van der Waals surface area contributed by atoms with Crippen LogP contribution in [0.2, 0.25) is 0 Å². The number of nitrogens with zero attached hydrogens (tertiary/aromatic N) is 2. The fourth-order valence-corrected chi connectivity index (χ4v) is 3.36. The van der Waals surface area contributed by atoms with Crippen LogP contribution in [-0.2, 0) is 5.41 Å². The summed E-state index contributed by atoms with van der Waals surface area (Å²) in [6.45, 7) is 8.74. The molecule has 3 rings (SSSR count). The Balaban J connectivity index is 2.05. The summed E-state index contributed by atoms with van der Waals surface area (Å²) in [6.07, 6.45) is 2.72. The van der Waals surface area contributed by atoms with Gasteiger partial charge in [0, 0.05) is 17.1 Å². The van der Waals surface area contributed by atoms with Gasteiger partial charge in [-0.25, -0.2) is 4.98 Å². The number of aldehydes is 1. The summed E-state index contributed by atoms with van der Waals surface area (Å²) >= 11 is 1.55. The summed E-state index contributed by atoms with van der Waals surface area (Å²) in [6, 6.07) is 10.2. The third kappa shape index (κ3) is 2.99. The zero-order valence-corrected chi connectivity index (χ0v) is 14.6. The second-order valence-corrected chi connectivity index (χ2v) is 7.55. The minimum Gasteiger partial charge on any atom is -0.296 e. The lowest BCUT2D eigenvalue weighted by molar-refractivity contribution is 0.111. The van der Waals surface area contributed by atoms with Gasteiger partial charge < -0.3 is 0 Å². The van der Waals surface area contributed by atoms with Crippen LogP contribution in [0.1, 0.15) is 42.4 Å². The van der Waals surface area contributed by atoms with Crippen molar-refractivity contribution in [2.24, 2.45) is 0 Å². The number of benzene rings is 1. The first-order chi connectivity index (χ1) is 10.9. The van der Waals surface area contributed by atoms with Gasteiger partial charge >= 0.3 is 0 Å². The van der Waals surface area contributed by atoms with Gasteiger partial charge in [-0.1, -0.05) is 32.9 Å². The number of carbonyl (C=O) groups excluding carboxylic acids is 1. The predicted octanol–water partition coefficient (Wildman–Crippen LogP) is 5.02. The van der Waals surface area contributed by atoms with Crippen molar-refractivity contribution < 1.29 is 4.79 Å². The fraction of sp³-hybridized carbons (Fsp3) is 0.263. The van der Waals surface area contributed by atoms with Gasteiger partial charge in [-0.05, 0) is 41.7 Å². The minimum absolute atomic E-state index is 0.104. The number of hydrogen-bond acceptors (Lipinski definition) is 3. The summed E-state index contributed by atoms with van der Waals surface area (Å²) in [5, 5.41) is 2.87. The molecule has 0 atom stereocenters. The molecule has 2 aromatic heterocycles. The van der Waals surface area contributed by atoms with Crippen LogP contribution in [-0.4, -0.2) is 15.8 Å². The highest BCUT2D eigenvalue weighted by molar-refractivity contribution is 7.12. The average Bonchev–Trinajstić information content (AvgIpc) is 3.14. The van der Waals surface area contributed by atoms with Crippen LogP contribution in [0.3, 0.4) is 0 Å². The maximum Gasteiger partial charge on any atom is 0.194 e. The molecule has 23 heavy (non-hydrogen) atoms. The number of hydrogen-bond donors (Lipinski definition) is 0. The quantitative estimate of drug-likeness (QED) is 0.634. The summed E-state index contributed by atoms with van der Waals surface area (Å²) < 4.78 is 1.82. The van der Waals surface area contributed by atoms with Gasteiger partial charge in [-0.3, -0.25) is 9.36 Å². The maximum absolute atomic E-state index is 11.1. The Morgan fingerprint density at radius 1 is 1.22 bits per heavy atom. The molecule has 0 saturated carbocycles. The third-order valence-corrected chi connectivity index (χ3v) is 4.82. The maximum atomic E-state index is 11.1. The number of thiazole rings is 1. The standard InChI is InChI=1S/C19H20N2OS/c1-13-7-8-14(19(2,3)4)10-16(13)17-12-23-18(20-17)21-9-5-6-15(21)11-22/h5-12H,1-4H3. The van der Waals surface area contributed by atoms with Gasteiger partial charge in [-0.2, -0.15) is 0 Å². The Morgan fingerprint density at radius 2 is 2.00 bits per heavy atom. The smallest absolute Gasteiger partial charge is 0.194 e. The number of aromatic nitrogens is 2. The summed E-state index contributed by atoms with van der Waals surface area (Å²) in [5.74, 6) is 0. The van der Waals surface area contributed by atoms with Crippen LogP contribution < -0.4 is 0 Å². The zero-order chi connectivity index (χ0) is 16.6. The van der Waals surface area contributed by atoms with E-state index >= 15 is 0 Å². The van der Waals surface area contributed by atoms with E-state index in [2.05, 4.69) is 51.3 Å². The topological polar surface area (TPSA) is 34.9 Å². The van der Waals surface area contributed by atoms with E-state index < -0.39 is 0 Å². The van der Waals surface area contributed by atoms with Crippen molar-refractivity contribution in [3.63, 3.8) is 0 Å². The van der Waals surface area contributed by atoms with Gasteiger partial charge in [0.25, 0.3) is 0 Å². The Labute approximate surface area is 140 Å². The van der Waals surface area contributed by atoms with Gasteiger partial charge in [-0.15, -0.1) is 11.3 Å². The van der Waals surface area contributed by atoms with E-state index in [4.69, 9.17) is 4.98 Å². The van der Waals surface area contributed by atoms with E-state index in [1.807, 2.05) is 16.8 Å². The van der Waals surface area contributed by atoms with Crippen molar-refractivity contribution in [3.8, 4) is 16.4 Å². The molecule has 0 fully saturated rings. The number of rotatable bonds is 3. The van der Waals surface area contributed by atoms with Crippen molar-refractivity contribution >= 4 is 17.6 Å². The summed E-state index contributed by atoms with van der Waals surface area (Å²) in [4.78, 5) is 15.8. The molecule has 0 aliphatic heterocycles. The van der Waals surface area contributed by atoms with E-state index in [1.54, 1.807) is 17.4 Å². The van der Waals surface area contributed by atoms with Crippen LogP contribution in [0.5, 0.6) is 0 Å². The van der Waals surface area contributed by atoms with Crippen molar-refractivity contribution in [1.29, 1.82) is 0 Å². The lowest BCUT2D eigenvalue weighted by atomic mass is 9.85. The van der Waals surface area contributed by atoms with Crippen molar-refractivity contribution in [2.75, 3.05) is 0 Å². The molecular formula is C19H20N2OS. The molecular weight excluding hydrogens is 304 g/mol. The molecule has 3 aromatic rings. The minimum atomic E-state index is 0.104. The van der Waals surface area contributed by atoms with Gasteiger partial charge in [0.2, 0.25) is 0 Å². The highest BCUT2D eigenvalue weighted by Gasteiger charge is 2.17. The van der Waals surface area contributed by atoms with Crippen LogP contribution >= 0.6 is 11.3 Å². The van der Waals surface area contributed by atoms with Crippen LogP contribution in [0.25, 0.3) is 16.4 Å². The molecule has 0 bridgehead atoms. The Morgan fingerprint density at radius 3 is 2.70 bits per heavy atom. The molecule has 1 aromatic carbocycles. The molecule has 0 saturated heterocycles. The average molecular weight is 324 g/mol. The molecule has 0 N–H and O–H groups in total. The van der Waals surface area contributed by atoms with Gasteiger partial charge in [0.05, 0.1) is 11.4 Å². The highest BCUT2D eigenvalue weighted by Crippen LogP contribution is 2.31. The first kappa shape index (κ1) is 15.7. The van der Waals surface area contributed by atoms with E-state index in [0.717, 1.165) is 22.7 Å². The van der Waals surface area contributed by atoms with E-state index in [1.165, 1.54) is 11.1 Å². The monoisotopic (exact) mass is 324 g/mol. The molecule has 0 unspecified atom stereocenters. The predicted molar refractivity (Wildman–Crippen MR) is 95.7 cm³/mol. The Bertz CT molecular complexity index is 852. The Hall–Kier alpha value is -2.20. The summed E-state index contributed by atoms with van der Waals surface area (Å²) in [5.41, 5.74) is 5.33. The molecule has 2 heterocycles. The second kappa shape index (κ2) is 5.78. The molecule has 0 amide bonds.